The molecule has 2 aromatic carbocycles. The molecule has 2 rings (SSSR count). The molecule has 0 heterocycles. The van der Waals surface area contributed by atoms with Gasteiger partial charge in [0.25, 0.3) is 0 Å². The summed E-state index contributed by atoms with van der Waals surface area (Å²) in [6.45, 7) is 13.2. The minimum atomic E-state index is -0.473. The third kappa shape index (κ3) is 5.66. The van der Waals surface area contributed by atoms with E-state index in [9.17, 15) is 9.59 Å². The summed E-state index contributed by atoms with van der Waals surface area (Å²) in [5, 5.41) is 0. The molecule has 0 aliphatic rings. The van der Waals surface area contributed by atoms with Crippen molar-refractivity contribution in [3.8, 4) is 22.6 Å². The minimum absolute atomic E-state index is 0.329. The minimum Gasteiger partial charge on any atom is -0.423 e. The first kappa shape index (κ1) is 21.1. The Labute approximate surface area is 165 Å². The molecule has 28 heavy (non-hydrogen) atoms. The zero-order chi connectivity index (χ0) is 20.7. The average molecular weight is 380 g/mol. The molecule has 0 aliphatic carbocycles. The molecule has 0 bridgehead atoms. The normalized spacial score (nSPS) is 10.2. The fraction of sp³-hybridized carbons (Fsp3) is 0.217. The fourth-order valence-corrected chi connectivity index (χ4v) is 2.34. The molecule has 0 aromatic heterocycles. The van der Waals surface area contributed by atoms with E-state index in [0.717, 1.165) is 16.7 Å². The molecular weight excluding hydrogens is 356 g/mol. The molecule has 5 nitrogen and oxygen atoms in total. The second kappa shape index (κ2) is 9.67. The molecule has 0 saturated heterocycles. The lowest BCUT2D eigenvalue weighted by Gasteiger charge is -2.13. The number of esters is 2. The van der Waals surface area contributed by atoms with Crippen LogP contribution in [0.5, 0.6) is 11.5 Å². The highest BCUT2D eigenvalue weighted by Gasteiger charge is 2.12. The van der Waals surface area contributed by atoms with E-state index in [1.165, 1.54) is 0 Å². The van der Waals surface area contributed by atoms with Crippen molar-refractivity contribution in [1.82, 2.24) is 0 Å². The lowest BCUT2D eigenvalue weighted by Crippen LogP contribution is -2.09. The fourth-order valence-electron chi connectivity index (χ4n) is 2.34. The van der Waals surface area contributed by atoms with Crippen LogP contribution in [0.25, 0.3) is 11.1 Å². The number of hydrogen-bond donors (Lipinski definition) is 0. The van der Waals surface area contributed by atoms with Crippen molar-refractivity contribution in [2.75, 3.05) is 6.61 Å². The van der Waals surface area contributed by atoms with Crippen LogP contribution in [0.4, 0.5) is 0 Å². The largest absolute Gasteiger partial charge is 0.423 e. The van der Waals surface area contributed by atoms with E-state index >= 15 is 0 Å². The van der Waals surface area contributed by atoms with Gasteiger partial charge in [0.15, 0.2) is 0 Å². The van der Waals surface area contributed by atoms with Crippen LogP contribution >= 0.6 is 0 Å². The lowest BCUT2D eigenvalue weighted by atomic mass is 9.99. The summed E-state index contributed by atoms with van der Waals surface area (Å²) >= 11 is 0. The SMILES string of the molecule is C=C(C)C(=O)Oc1ccc(-c2ccc(OC(=O)C(=C)C)cc2COCC)cc1. The molecule has 5 heteroatoms. The summed E-state index contributed by atoms with van der Waals surface area (Å²) in [5.74, 6) is -0.0687. The van der Waals surface area contributed by atoms with Crippen LogP contribution < -0.4 is 9.47 Å². The van der Waals surface area contributed by atoms with Crippen LogP contribution in [-0.4, -0.2) is 18.5 Å². The van der Waals surface area contributed by atoms with E-state index in [-0.39, 0.29) is 0 Å². The molecule has 2 aromatic rings. The highest BCUT2D eigenvalue weighted by atomic mass is 16.5. The van der Waals surface area contributed by atoms with E-state index in [2.05, 4.69) is 13.2 Å². The first-order valence-corrected chi connectivity index (χ1v) is 8.88. The van der Waals surface area contributed by atoms with E-state index < -0.39 is 11.9 Å². The molecule has 0 atom stereocenters. The number of carbonyl (C=O) groups is 2. The number of rotatable bonds is 8. The first-order chi connectivity index (χ1) is 13.3. The van der Waals surface area contributed by atoms with E-state index in [1.807, 2.05) is 25.1 Å². The van der Waals surface area contributed by atoms with Crippen LogP contribution in [0, 0.1) is 0 Å². The monoisotopic (exact) mass is 380 g/mol. The zero-order valence-corrected chi connectivity index (χ0v) is 16.4. The third-order valence-corrected chi connectivity index (χ3v) is 3.82. The van der Waals surface area contributed by atoms with Crippen LogP contribution in [0.15, 0.2) is 66.8 Å². The van der Waals surface area contributed by atoms with E-state index in [4.69, 9.17) is 14.2 Å². The van der Waals surface area contributed by atoms with Gasteiger partial charge in [0.05, 0.1) is 6.61 Å². The summed E-state index contributed by atoms with van der Waals surface area (Å²) in [6.07, 6.45) is 0. The van der Waals surface area contributed by atoms with Crippen LogP contribution in [0.1, 0.15) is 26.3 Å². The molecule has 0 unspecified atom stereocenters. The first-order valence-electron chi connectivity index (χ1n) is 8.88. The van der Waals surface area contributed by atoms with Crippen molar-refractivity contribution in [1.29, 1.82) is 0 Å². The second-order valence-electron chi connectivity index (χ2n) is 6.32. The van der Waals surface area contributed by atoms with Crippen molar-refractivity contribution in [3.63, 3.8) is 0 Å². The molecular formula is C23H24O5. The van der Waals surface area contributed by atoms with E-state index in [0.29, 0.717) is 35.9 Å². The molecule has 146 valence electrons. The molecule has 0 amide bonds. The van der Waals surface area contributed by atoms with Gasteiger partial charge in [0.1, 0.15) is 11.5 Å². The Morgan fingerprint density at radius 1 is 0.857 bits per heavy atom. The van der Waals surface area contributed by atoms with Gasteiger partial charge in [-0.3, -0.25) is 0 Å². The highest BCUT2D eigenvalue weighted by molar-refractivity contribution is 5.89. The van der Waals surface area contributed by atoms with Gasteiger partial charge in [-0.2, -0.15) is 0 Å². The smallest absolute Gasteiger partial charge is 0.338 e. The lowest BCUT2D eigenvalue weighted by molar-refractivity contribution is -0.130. The Bertz CT molecular complexity index is 894. The van der Waals surface area contributed by atoms with Gasteiger partial charge < -0.3 is 14.2 Å². The van der Waals surface area contributed by atoms with Crippen molar-refractivity contribution in [2.45, 2.75) is 27.4 Å². The van der Waals surface area contributed by atoms with Gasteiger partial charge in [-0.05, 0) is 61.7 Å². The van der Waals surface area contributed by atoms with Crippen LogP contribution in [0.3, 0.4) is 0 Å². The van der Waals surface area contributed by atoms with Gasteiger partial charge in [-0.15, -0.1) is 0 Å². The van der Waals surface area contributed by atoms with Crippen LogP contribution in [-0.2, 0) is 20.9 Å². The number of hydrogen-bond acceptors (Lipinski definition) is 5. The van der Waals surface area contributed by atoms with Crippen molar-refractivity contribution >= 4 is 11.9 Å². The Hall–Kier alpha value is -3.18. The van der Waals surface area contributed by atoms with Crippen molar-refractivity contribution in [2.24, 2.45) is 0 Å². The Morgan fingerprint density at radius 2 is 1.39 bits per heavy atom. The number of ether oxygens (including phenoxy) is 3. The summed E-state index contributed by atoms with van der Waals surface area (Å²) in [5.41, 5.74) is 3.39. The molecule has 0 spiro atoms. The third-order valence-electron chi connectivity index (χ3n) is 3.82. The Kier molecular flexibility index (Phi) is 7.29. The Morgan fingerprint density at radius 3 is 1.93 bits per heavy atom. The highest BCUT2D eigenvalue weighted by Crippen LogP contribution is 2.30. The predicted molar refractivity (Wildman–Crippen MR) is 108 cm³/mol. The van der Waals surface area contributed by atoms with Gasteiger partial charge in [0, 0.05) is 17.8 Å². The van der Waals surface area contributed by atoms with Gasteiger partial charge in [-0.1, -0.05) is 31.4 Å². The maximum absolute atomic E-state index is 11.8. The molecule has 0 saturated carbocycles. The number of carbonyl (C=O) groups excluding carboxylic acids is 2. The van der Waals surface area contributed by atoms with Crippen molar-refractivity contribution < 1.29 is 23.8 Å². The van der Waals surface area contributed by atoms with Gasteiger partial charge in [0.2, 0.25) is 0 Å². The van der Waals surface area contributed by atoms with Gasteiger partial charge in [-0.25, -0.2) is 9.59 Å². The number of benzene rings is 2. The zero-order valence-electron chi connectivity index (χ0n) is 16.4. The average Bonchev–Trinajstić information content (AvgIpc) is 2.67. The summed E-state index contributed by atoms with van der Waals surface area (Å²) in [6, 6.07) is 12.5. The molecule has 0 fully saturated rings. The topological polar surface area (TPSA) is 61.8 Å². The molecule has 0 aliphatic heterocycles. The van der Waals surface area contributed by atoms with Crippen LogP contribution in [0.2, 0.25) is 0 Å². The summed E-state index contributed by atoms with van der Waals surface area (Å²) in [7, 11) is 0. The summed E-state index contributed by atoms with van der Waals surface area (Å²) < 4.78 is 16.1. The maximum Gasteiger partial charge on any atom is 0.338 e. The van der Waals surface area contributed by atoms with Crippen molar-refractivity contribution in [3.05, 3.63) is 72.3 Å². The maximum atomic E-state index is 11.8. The molecule has 0 radical (unpaired) electrons. The standard InChI is InChI=1S/C23H24O5/c1-6-26-14-18-13-20(28-23(25)16(4)5)11-12-21(18)17-7-9-19(10-8-17)27-22(24)15(2)3/h7-13H,2,4,6,14H2,1,3,5H3. The van der Waals surface area contributed by atoms with Gasteiger partial charge >= 0.3 is 11.9 Å². The molecule has 0 N–H and O–H groups in total. The summed E-state index contributed by atoms with van der Waals surface area (Å²) in [4.78, 5) is 23.4. The van der Waals surface area contributed by atoms with E-state index in [1.54, 1.807) is 38.1 Å². The predicted octanol–water partition coefficient (Wildman–Crippen LogP) is 4.85. The quantitative estimate of drug-likeness (QED) is 0.372. The second-order valence-corrected chi connectivity index (χ2v) is 6.32. The Balaban J connectivity index is 2.29.